The van der Waals surface area contributed by atoms with Gasteiger partial charge >= 0.3 is 0 Å². The molecule has 8 heteroatoms. The largest absolute Gasteiger partial charge is 0.367 e. The number of thioether (sulfide) groups is 1. The molecule has 170 valence electrons. The number of benzene rings is 1. The Kier molecular flexibility index (Phi) is 6.73. The van der Waals surface area contributed by atoms with Crippen LogP contribution in [0.2, 0.25) is 0 Å². The van der Waals surface area contributed by atoms with Crippen LogP contribution in [0.1, 0.15) is 53.5 Å². The fourth-order valence-corrected chi connectivity index (χ4v) is 5.81. The van der Waals surface area contributed by atoms with E-state index in [1.54, 1.807) is 24.9 Å². The van der Waals surface area contributed by atoms with Crippen LogP contribution in [-0.2, 0) is 18.4 Å². The number of anilines is 1. The zero-order chi connectivity index (χ0) is 23.7. The van der Waals surface area contributed by atoms with Gasteiger partial charge in [0.15, 0.2) is 0 Å². The Morgan fingerprint density at radius 2 is 1.88 bits per heavy atom. The van der Waals surface area contributed by atoms with Crippen LogP contribution in [0.25, 0.3) is 6.08 Å². The van der Waals surface area contributed by atoms with Crippen molar-refractivity contribution < 1.29 is 4.79 Å². The minimum absolute atomic E-state index is 0.0795. The molecule has 2 aromatic rings. The van der Waals surface area contributed by atoms with Crippen LogP contribution in [0, 0.1) is 25.2 Å². The number of aryl methyl sites for hydroxylation is 1. The third kappa shape index (κ3) is 4.48. The van der Waals surface area contributed by atoms with Crippen LogP contribution in [0.3, 0.4) is 0 Å². The molecule has 6 nitrogen and oxygen atoms in total. The van der Waals surface area contributed by atoms with E-state index in [0.29, 0.717) is 32.7 Å². The molecule has 2 heterocycles. The predicted octanol–water partition coefficient (Wildman–Crippen LogP) is 4.63. The average Bonchev–Trinajstić information content (AvgIpc) is 3.41. The molecule has 0 unspecified atom stereocenters. The van der Waals surface area contributed by atoms with E-state index >= 15 is 0 Å². The Morgan fingerprint density at radius 1 is 1.21 bits per heavy atom. The summed E-state index contributed by atoms with van der Waals surface area (Å²) in [5, 5.41) is 13.0. The topological polar surface area (TPSA) is 78.1 Å². The van der Waals surface area contributed by atoms with Gasteiger partial charge in [-0.2, -0.15) is 5.26 Å². The lowest BCUT2D eigenvalue weighted by Crippen LogP contribution is -2.36. The highest BCUT2D eigenvalue weighted by Gasteiger charge is 2.38. The van der Waals surface area contributed by atoms with Crippen LogP contribution in [0.4, 0.5) is 5.82 Å². The summed E-state index contributed by atoms with van der Waals surface area (Å²) < 4.78 is 2.03. The van der Waals surface area contributed by atoms with Crippen molar-refractivity contribution in [2.45, 2.75) is 52.1 Å². The second-order valence-corrected chi connectivity index (χ2v) is 10.2. The van der Waals surface area contributed by atoms with Gasteiger partial charge in [-0.15, -0.1) is 0 Å². The van der Waals surface area contributed by atoms with E-state index in [0.717, 1.165) is 31.2 Å². The average molecular weight is 479 g/mol. The normalized spacial score (nSPS) is 17.8. The maximum Gasteiger partial charge on any atom is 0.270 e. The third-order valence-electron chi connectivity index (χ3n) is 6.37. The lowest BCUT2D eigenvalue weighted by atomic mass is 10.0. The number of amides is 1. The maximum absolute atomic E-state index is 13.2. The van der Waals surface area contributed by atoms with Gasteiger partial charge in [0.05, 0.1) is 4.91 Å². The molecule has 1 N–H and O–H groups in total. The van der Waals surface area contributed by atoms with E-state index in [2.05, 4.69) is 5.32 Å². The summed E-state index contributed by atoms with van der Waals surface area (Å²) in [6.07, 6.45) is 5.95. The number of carbonyl (C=O) groups excluding carboxylic acids is 1. The predicted molar refractivity (Wildman–Crippen MR) is 137 cm³/mol. The van der Waals surface area contributed by atoms with Crippen molar-refractivity contribution >= 4 is 46.1 Å². The molecule has 33 heavy (non-hydrogen) atoms. The van der Waals surface area contributed by atoms with Crippen molar-refractivity contribution in [1.29, 1.82) is 5.26 Å². The molecule has 0 spiro atoms. The zero-order valence-electron chi connectivity index (χ0n) is 19.0. The molecule has 1 saturated carbocycles. The van der Waals surface area contributed by atoms with Gasteiger partial charge in [-0.25, -0.2) is 0 Å². The number of thiocarbonyl (C=S) groups is 1. The van der Waals surface area contributed by atoms with Gasteiger partial charge in [0, 0.05) is 25.2 Å². The number of nitriles is 1. The Hall–Kier alpha value is -2.89. The van der Waals surface area contributed by atoms with Crippen molar-refractivity contribution in [2.24, 2.45) is 7.05 Å². The summed E-state index contributed by atoms with van der Waals surface area (Å²) in [5.41, 5.74) is 3.16. The Bertz CT molecular complexity index is 1250. The summed E-state index contributed by atoms with van der Waals surface area (Å²) in [4.78, 5) is 28.3. The molecule has 0 radical (unpaired) electrons. The molecule has 2 fully saturated rings. The quantitative estimate of drug-likeness (QED) is 0.499. The van der Waals surface area contributed by atoms with Gasteiger partial charge in [-0.05, 0) is 43.9 Å². The molecule has 2 aliphatic rings. The van der Waals surface area contributed by atoms with Gasteiger partial charge < -0.3 is 5.32 Å². The number of hydrogen-bond acceptors (Lipinski definition) is 6. The van der Waals surface area contributed by atoms with E-state index < -0.39 is 0 Å². The number of nitrogens with one attached hydrogen (secondary N) is 1. The molecule has 1 aliphatic heterocycles. The number of rotatable bonds is 5. The van der Waals surface area contributed by atoms with E-state index in [4.69, 9.17) is 12.2 Å². The molecule has 0 atom stereocenters. The van der Waals surface area contributed by atoms with Crippen LogP contribution in [-0.4, -0.2) is 25.7 Å². The van der Waals surface area contributed by atoms with Crippen molar-refractivity contribution in [3.8, 4) is 6.07 Å². The zero-order valence-corrected chi connectivity index (χ0v) is 20.6. The van der Waals surface area contributed by atoms with Crippen molar-refractivity contribution in [2.75, 3.05) is 5.32 Å². The molecule has 1 aliphatic carbocycles. The summed E-state index contributed by atoms with van der Waals surface area (Å²) in [7, 11) is 1.64. The van der Waals surface area contributed by atoms with Crippen LogP contribution in [0.5, 0.6) is 0 Å². The number of nitrogens with zero attached hydrogens (tertiary/aromatic N) is 3. The van der Waals surface area contributed by atoms with E-state index in [9.17, 15) is 14.9 Å². The van der Waals surface area contributed by atoms with Crippen LogP contribution in [0.15, 0.2) is 34.0 Å². The highest BCUT2D eigenvalue weighted by atomic mass is 32.2. The van der Waals surface area contributed by atoms with Crippen LogP contribution < -0.4 is 10.9 Å². The Morgan fingerprint density at radius 3 is 2.52 bits per heavy atom. The fraction of sp³-hybridized carbons (Fsp3) is 0.360. The monoisotopic (exact) mass is 478 g/mol. The smallest absolute Gasteiger partial charge is 0.270 e. The lowest BCUT2D eigenvalue weighted by molar-refractivity contribution is -0.123. The van der Waals surface area contributed by atoms with Crippen molar-refractivity contribution in [1.82, 2.24) is 9.47 Å². The highest BCUT2D eigenvalue weighted by Crippen LogP contribution is 2.39. The molecular formula is C25H26N4O2S2. The summed E-state index contributed by atoms with van der Waals surface area (Å²) in [6, 6.07) is 10.3. The minimum atomic E-state index is -0.364. The van der Waals surface area contributed by atoms with Gasteiger partial charge in [0.25, 0.3) is 11.5 Å². The Balaban J connectivity index is 1.75. The molecule has 1 saturated heterocycles. The van der Waals surface area contributed by atoms with Gasteiger partial charge in [-0.3, -0.25) is 19.1 Å². The molecule has 1 aromatic carbocycles. The first kappa shape index (κ1) is 23.3. The van der Waals surface area contributed by atoms with E-state index in [1.807, 2.05) is 37.3 Å². The van der Waals surface area contributed by atoms with Gasteiger partial charge in [0.2, 0.25) is 0 Å². The summed E-state index contributed by atoms with van der Waals surface area (Å²) in [5.74, 6) is 0.483. The van der Waals surface area contributed by atoms with E-state index in [1.165, 1.54) is 21.9 Å². The fourth-order valence-electron chi connectivity index (χ4n) is 4.42. The standard InChI is InChI=1S/C25H26N4O2S2/c1-15-8-10-17(11-9-15)14-27-22-19(16(2)20(13-26)23(30)28(22)3)12-21-24(31)29(25(32)33-21)18-6-4-5-7-18/h8-12,18,27H,4-7,14H2,1-3H3/b21-12-. The maximum atomic E-state index is 13.2. The highest BCUT2D eigenvalue weighted by molar-refractivity contribution is 8.26. The minimum Gasteiger partial charge on any atom is -0.367 e. The van der Waals surface area contributed by atoms with Crippen molar-refractivity contribution in [3.05, 3.63) is 67.3 Å². The molecular weight excluding hydrogens is 452 g/mol. The first-order chi connectivity index (χ1) is 15.8. The van der Waals surface area contributed by atoms with E-state index in [-0.39, 0.29) is 23.1 Å². The number of pyridine rings is 1. The second kappa shape index (κ2) is 9.54. The molecule has 0 bridgehead atoms. The SMILES string of the molecule is Cc1ccc(CNc2c(/C=C3\SC(=S)N(C4CCCC4)C3=O)c(C)c(C#N)c(=O)n2C)cc1. The lowest BCUT2D eigenvalue weighted by Gasteiger charge is -2.22. The van der Waals surface area contributed by atoms with Crippen LogP contribution >= 0.6 is 24.0 Å². The van der Waals surface area contributed by atoms with Crippen molar-refractivity contribution in [3.63, 3.8) is 0 Å². The summed E-state index contributed by atoms with van der Waals surface area (Å²) in [6.45, 7) is 4.29. The first-order valence-electron chi connectivity index (χ1n) is 11.0. The number of aromatic nitrogens is 1. The van der Waals surface area contributed by atoms with Gasteiger partial charge in [-0.1, -0.05) is 66.7 Å². The third-order valence-corrected chi connectivity index (χ3v) is 7.70. The molecule has 1 aromatic heterocycles. The second-order valence-electron chi connectivity index (χ2n) is 8.57. The molecule has 1 amide bonds. The number of carbonyl (C=O) groups is 1. The Labute approximate surface area is 203 Å². The first-order valence-corrected chi connectivity index (χ1v) is 12.2. The number of hydrogen-bond donors (Lipinski definition) is 1. The summed E-state index contributed by atoms with van der Waals surface area (Å²) >= 11 is 6.83. The van der Waals surface area contributed by atoms with Gasteiger partial charge in [0.1, 0.15) is 21.8 Å². The molecule has 4 rings (SSSR count).